The average Bonchev–Trinajstić information content (AvgIpc) is 2.46. The molecule has 1 heterocycles. The van der Waals surface area contributed by atoms with Crippen LogP contribution >= 0.6 is 0 Å². The molecule has 0 aliphatic carbocycles. The van der Waals surface area contributed by atoms with Gasteiger partial charge in [-0.3, -0.25) is 0 Å². The Hall–Kier alpha value is -2.05. The van der Waals surface area contributed by atoms with Gasteiger partial charge in [0.2, 0.25) is 0 Å². The number of esters is 1. The highest BCUT2D eigenvalue weighted by atomic mass is 16.5. The van der Waals surface area contributed by atoms with Gasteiger partial charge in [-0.2, -0.15) is 0 Å². The van der Waals surface area contributed by atoms with E-state index < -0.39 is 30.1 Å². The Bertz CT molecular complexity index is 410. The van der Waals surface area contributed by atoms with Crippen LogP contribution in [0.5, 0.6) is 0 Å². The Balaban J connectivity index is 2.74. The molecule has 1 aliphatic heterocycles. The minimum atomic E-state index is -1.13. The number of nitrogens with zero attached hydrogens (tertiary/aromatic N) is 1. The molecule has 0 aromatic carbocycles. The van der Waals surface area contributed by atoms with Crippen molar-refractivity contribution in [3.8, 4) is 0 Å². The number of urea groups is 1. The second-order valence-electron chi connectivity index (χ2n) is 4.82. The second kappa shape index (κ2) is 8.28. The lowest BCUT2D eigenvalue weighted by Crippen LogP contribution is -2.55. The number of rotatable bonds is 6. The zero-order chi connectivity index (χ0) is 15.8. The number of carbonyl (C=O) groups is 3. The summed E-state index contributed by atoms with van der Waals surface area (Å²) in [4.78, 5) is 36.5. The molecular weight excluding hydrogens is 276 g/mol. The number of piperidine rings is 1. The summed E-state index contributed by atoms with van der Waals surface area (Å²) in [6.07, 6.45) is 3.70. The van der Waals surface area contributed by atoms with Crippen molar-refractivity contribution in [3.63, 3.8) is 0 Å². The van der Waals surface area contributed by atoms with Crippen molar-refractivity contribution in [2.45, 2.75) is 44.7 Å². The van der Waals surface area contributed by atoms with E-state index in [9.17, 15) is 14.4 Å². The van der Waals surface area contributed by atoms with Gasteiger partial charge in [-0.05, 0) is 32.6 Å². The molecule has 2 amide bonds. The third-order valence-electron chi connectivity index (χ3n) is 3.32. The van der Waals surface area contributed by atoms with Gasteiger partial charge in [0.15, 0.2) is 0 Å². The summed E-state index contributed by atoms with van der Waals surface area (Å²) in [5.41, 5.74) is 0. The zero-order valence-corrected chi connectivity index (χ0v) is 12.2. The molecule has 118 valence electrons. The van der Waals surface area contributed by atoms with Crippen LogP contribution in [0.25, 0.3) is 0 Å². The lowest BCUT2D eigenvalue weighted by Gasteiger charge is -2.34. The quantitative estimate of drug-likeness (QED) is 0.566. The van der Waals surface area contributed by atoms with E-state index in [-0.39, 0.29) is 13.0 Å². The van der Waals surface area contributed by atoms with E-state index in [1.807, 2.05) is 0 Å². The van der Waals surface area contributed by atoms with Crippen LogP contribution in [0.3, 0.4) is 0 Å². The van der Waals surface area contributed by atoms with E-state index in [1.54, 1.807) is 6.92 Å². The van der Waals surface area contributed by atoms with Gasteiger partial charge in [0.25, 0.3) is 0 Å². The van der Waals surface area contributed by atoms with Crippen LogP contribution in [-0.2, 0) is 14.3 Å². The normalized spacial score (nSPS) is 19.5. The standard InChI is InChI=1S/C14H22N2O5/c1-3-7-10(12(17)18)15-14(20)16-9-6-5-8-11(16)13(19)21-4-2/h3,10-11H,1,4-9H2,2H3,(H,15,20)(H,17,18). The van der Waals surface area contributed by atoms with E-state index in [0.29, 0.717) is 13.0 Å². The van der Waals surface area contributed by atoms with Crippen LogP contribution in [0, 0.1) is 0 Å². The Morgan fingerprint density at radius 2 is 2.19 bits per heavy atom. The third-order valence-corrected chi connectivity index (χ3v) is 3.32. The summed E-state index contributed by atoms with van der Waals surface area (Å²) in [5.74, 6) is -1.57. The number of carboxylic acid groups (broad SMARTS) is 1. The van der Waals surface area contributed by atoms with Crippen molar-refractivity contribution in [1.82, 2.24) is 10.2 Å². The maximum atomic E-state index is 12.2. The molecule has 2 unspecified atom stereocenters. The first-order chi connectivity index (χ1) is 10.0. The van der Waals surface area contributed by atoms with E-state index in [2.05, 4.69) is 11.9 Å². The van der Waals surface area contributed by atoms with Crippen LogP contribution in [0.4, 0.5) is 4.79 Å². The summed E-state index contributed by atoms with van der Waals surface area (Å²) in [7, 11) is 0. The minimum absolute atomic E-state index is 0.124. The smallest absolute Gasteiger partial charge is 0.328 e. The molecule has 0 aromatic heterocycles. The molecule has 1 rings (SSSR count). The second-order valence-corrected chi connectivity index (χ2v) is 4.82. The number of amides is 2. The molecule has 2 atom stereocenters. The SMILES string of the molecule is C=CCC(NC(=O)N1CCCCC1C(=O)OCC)C(=O)O. The molecule has 1 fully saturated rings. The van der Waals surface area contributed by atoms with Crippen molar-refractivity contribution in [2.24, 2.45) is 0 Å². The Labute approximate surface area is 123 Å². The van der Waals surface area contributed by atoms with Crippen LogP contribution in [0.1, 0.15) is 32.6 Å². The predicted molar refractivity (Wildman–Crippen MR) is 75.7 cm³/mol. The van der Waals surface area contributed by atoms with Crippen LogP contribution in [0.15, 0.2) is 12.7 Å². The lowest BCUT2D eigenvalue weighted by molar-refractivity contribution is -0.149. The molecule has 0 bridgehead atoms. The van der Waals surface area contributed by atoms with E-state index in [0.717, 1.165) is 12.8 Å². The van der Waals surface area contributed by atoms with E-state index >= 15 is 0 Å². The van der Waals surface area contributed by atoms with Crippen molar-refractivity contribution in [3.05, 3.63) is 12.7 Å². The van der Waals surface area contributed by atoms with E-state index in [4.69, 9.17) is 9.84 Å². The van der Waals surface area contributed by atoms with Crippen LogP contribution < -0.4 is 5.32 Å². The topological polar surface area (TPSA) is 95.9 Å². The fourth-order valence-corrected chi connectivity index (χ4v) is 2.28. The molecule has 7 heteroatoms. The summed E-state index contributed by atoms with van der Waals surface area (Å²) < 4.78 is 4.97. The number of hydrogen-bond acceptors (Lipinski definition) is 4. The monoisotopic (exact) mass is 298 g/mol. The van der Waals surface area contributed by atoms with Crippen molar-refractivity contribution in [1.29, 1.82) is 0 Å². The van der Waals surface area contributed by atoms with Crippen LogP contribution in [-0.4, -0.2) is 53.2 Å². The highest BCUT2D eigenvalue weighted by molar-refractivity contribution is 5.87. The van der Waals surface area contributed by atoms with Crippen LogP contribution in [0.2, 0.25) is 0 Å². The average molecular weight is 298 g/mol. The number of carboxylic acids is 1. The molecule has 0 radical (unpaired) electrons. The zero-order valence-electron chi connectivity index (χ0n) is 12.2. The minimum Gasteiger partial charge on any atom is -0.480 e. The first-order valence-corrected chi connectivity index (χ1v) is 7.08. The first-order valence-electron chi connectivity index (χ1n) is 7.08. The van der Waals surface area contributed by atoms with Gasteiger partial charge >= 0.3 is 18.0 Å². The Kier molecular flexibility index (Phi) is 6.71. The third kappa shape index (κ3) is 4.77. The molecule has 7 nitrogen and oxygen atoms in total. The number of nitrogens with one attached hydrogen (secondary N) is 1. The summed E-state index contributed by atoms with van der Waals surface area (Å²) >= 11 is 0. The lowest BCUT2D eigenvalue weighted by atomic mass is 10.0. The fraction of sp³-hybridized carbons (Fsp3) is 0.643. The largest absolute Gasteiger partial charge is 0.480 e. The van der Waals surface area contributed by atoms with Crippen molar-refractivity contribution >= 4 is 18.0 Å². The van der Waals surface area contributed by atoms with Crippen molar-refractivity contribution < 1.29 is 24.2 Å². The maximum Gasteiger partial charge on any atom is 0.328 e. The first kappa shape index (κ1) is 17.0. The molecule has 0 aromatic rings. The summed E-state index contributed by atoms with van der Waals surface area (Å²) in [5, 5.41) is 11.5. The number of ether oxygens (including phenoxy) is 1. The Morgan fingerprint density at radius 3 is 2.76 bits per heavy atom. The molecule has 1 saturated heterocycles. The summed E-state index contributed by atoms with van der Waals surface area (Å²) in [6, 6.07) is -2.24. The Morgan fingerprint density at radius 1 is 1.48 bits per heavy atom. The van der Waals surface area contributed by atoms with Gasteiger partial charge in [-0.1, -0.05) is 6.08 Å². The van der Waals surface area contributed by atoms with Crippen molar-refractivity contribution in [2.75, 3.05) is 13.2 Å². The van der Waals surface area contributed by atoms with Gasteiger partial charge < -0.3 is 20.1 Å². The van der Waals surface area contributed by atoms with Gasteiger partial charge in [0, 0.05) is 6.54 Å². The van der Waals surface area contributed by atoms with Gasteiger partial charge in [0.05, 0.1) is 6.61 Å². The number of carbonyl (C=O) groups excluding carboxylic acids is 2. The number of hydrogen-bond donors (Lipinski definition) is 2. The summed E-state index contributed by atoms with van der Waals surface area (Å²) in [6.45, 7) is 5.83. The molecular formula is C14H22N2O5. The van der Waals surface area contributed by atoms with Gasteiger partial charge in [-0.15, -0.1) is 6.58 Å². The van der Waals surface area contributed by atoms with Gasteiger partial charge in [0.1, 0.15) is 12.1 Å². The molecule has 2 N–H and O–H groups in total. The fourth-order valence-electron chi connectivity index (χ4n) is 2.28. The highest BCUT2D eigenvalue weighted by Crippen LogP contribution is 2.18. The number of aliphatic carboxylic acids is 1. The molecule has 21 heavy (non-hydrogen) atoms. The predicted octanol–water partition coefficient (Wildman–Crippen LogP) is 1.14. The molecule has 0 saturated carbocycles. The molecule has 0 spiro atoms. The number of likely N-dealkylation sites (tertiary alicyclic amines) is 1. The van der Waals surface area contributed by atoms with E-state index in [1.165, 1.54) is 11.0 Å². The molecule has 1 aliphatic rings. The van der Waals surface area contributed by atoms with Gasteiger partial charge in [-0.25, -0.2) is 14.4 Å². The highest BCUT2D eigenvalue weighted by Gasteiger charge is 2.34. The maximum absolute atomic E-state index is 12.2.